The molecular formula is C45H33Cl2N9Ru. The van der Waals surface area contributed by atoms with Crippen LogP contribution in [0.1, 0.15) is 0 Å². The van der Waals surface area contributed by atoms with E-state index < -0.39 is 0 Å². The van der Waals surface area contributed by atoms with Crippen LogP contribution in [0.25, 0.3) is 67.9 Å². The topological polar surface area (TPSA) is 116 Å². The Labute approximate surface area is 346 Å². The second-order valence-electron chi connectivity index (χ2n) is 11.5. The largest absolute Gasteiger partial charge is 0.256 e. The number of halogens is 2. The molecular weight excluding hydrogens is 839 g/mol. The van der Waals surface area contributed by atoms with Crippen LogP contribution < -0.4 is 0 Å². The first-order valence-electron chi connectivity index (χ1n) is 17.5. The molecule has 280 valence electrons. The normalized spacial score (nSPS) is 10.1. The first-order valence-corrected chi connectivity index (χ1v) is 21.9. The molecule has 9 nitrogen and oxygen atoms in total. The number of hydrogen-bond donors (Lipinski definition) is 0. The van der Waals surface area contributed by atoms with E-state index in [2.05, 4.69) is 44.9 Å². The van der Waals surface area contributed by atoms with Crippen molar-refractivity contribution in [1.29, 1.82) is 0 Å². The summed E-state index contributed by atoms with van der Waals surface area (Å²) in [4.78, 5) is 39.4. The molecule has 0 radical (unpaired) electrons. The molecule has 0 saturated heterocycles. The molecule has 9 aromatic rings. The summed E-state index contributed by atoms with van der Waals surface area (Å²) < 4.78 is 0. The third-order valence-electron chi connectivity index (χ3n) is 7.97. The molecule has 0 aromatic carbocycles. The van der Waals surface area contributed by atoms with Gasteiger partial charge >= 0.3 is 34.5 Å². The van der Waals surface area contributed by atoms with Crippen molar-refractivity contribution in [1.82, 2.24) is 44.9 Å². The summed E-state index contributed by atoms with van der Waals surface area (Å²) in [5.74, 6) is 0. The summed E-state index contributed by atoms with van der Waals surface area (Å²) in [7, 11) is 9.71. The molecule has 0 unspecified atom stereocenters. The SMILES string of the molecule is [Cl][Ru][Cl].c1ccc(-c2cccnc2-c2ccccn2)nc1.c1ccc(-c2cccnc2-c2ccccn2)nc1.c1ccc(-c2cccnc2-c2ccccn2)nc1. The number of rotatable bonds is 6. The van der Waals surface area contributed by atoms with Gasteiger partial charge in [-0.2, -0.15) is 0 Å². The van der Waals surface area contributed by atoms with Crippen molar-refractivity contribution in [2.75, 3.05) is 0 Å². The van der Waals surface area contributed by atoms with Crippen molar-refractivity contribution in [2.45, 2.75) is 0 Å². The molecule has 0 aliphatic rings. The van der Waals surface area contributed by atoms with E-state index >= 15 is 0 Å². The summed E-state index contributed by atoms with van der Waals surface area (Å²) >= 11 is -0.346. The number of hydrogen-bond acceptors (Lipinski definition) is 9. The van der Waals surface area contributed by atoms with E-state index in [4.69, 9.17) is 19.4 Å². The van der Waals surface area contributed by atoms with E-state index in [1.807, 2.05) is 146 Å². The van der Waals surface area contributed by atoms with Gasteiger partial charge < -0.3 is 0 Å². The van der Waals surface area contributed by atoms with E-state index in [0.29, 0.717) is 0 Å². The van der Waals surface area contributed by atoms with Gasteiger partial charge in [-0.3, -0.25) is 44.9 Å². The van der Waals surface area contributed by atoms with Gasteiger partial charge in [-0.25, -0.2) is 0 Å². The molecule has 0 N–H and O–H groups in total. The van der Waals surface area contributed by atoms with Crippen LogP contribution in [0.4, 0.5) is 0 Å². The minimum Gasteiger partial charge on any atom is -0.256 e. The summed E-state index contributed by atoms with van der Waals surface area (Å²) in [5.41, 5.74) is 10.9. The van der Waals surface area contributed by atoms with Crippen LogP contribution in [0, 0.1) is 0 Å². The molecule has 12 heteroatoms. The van der Waals surface area contributed by atoms with Crippen molar-refractivity contribution in [3.63, 3.8) is 0 Å². The molecule has 57 heavy (non-hydrogen) atoms. The zero-order valence-electron chi connectivity index (χ0n) is 30.2. The van der Waals surface area contributed by atoms with Gasteiger partial charge in [0.1, 0.15) is 0 Å². The Hall–Kier alpha value is -6.45. The number of nitrogens with zero attached hydrogens (tertiary/aromatic N) is 9. The summed E-state index contributed by atoms with van der Waals surface area (Å²) in [6, 6.07) is 46.7. The maximum atomic E-state index is 4.85. The molecule has 0 fully saturated rings. The van der Waals surface area contributed by atoms with Gasteiger partial charge in [0.15, 0.2) is 0 Å². The molecule has 9 aromatic heterocycles. The van der Waals surface area contributed by atoms with Gasteiger partial charge in [-0.1, -0.05) is 36.4 Å². The smallest absolute Gasteiger partial charge is 0.0980 e. The molecule has 0 aliphatic heterocycles. The molecule has 0 spiro atoms. The van der Waals surface area contributed by atoms with Gasteiger partial charge in [0.2, 0.25) is 0 Å². The van der Waals surface area contributed by atoms with Crippen molar-refractivity contribution in [3.05, 3.63) is 201 Å². The number of pyridine rings is 9. The summed E-state index contributed by atoms with van der Waals surface area (Å²) in [6.45, 7) is 0. The van der Waals surface area contributed by atoms with Crippen molar-refractivity contribution in [3.8, 4) is 67.9 Å². The predicted octanol–water partition coefficient (Wildman–Crippen LogP) is 11.0. The van der Waals surface area contributed by atoms with E-state index in [1.54, 1.807) is 55.8 Å². The molecule has 0 atom stereocenters. The van der Waals surface area contributed by atoms with Gasteiger partial charge in [0.05, 0.1) is 51.2 Å². The standard InChI is InChI=1S/3C15H11N3.2ClH.Ru/c3*1-3-9-16-13(7-1)12-6-5-11-18-15(12)14-8-2-4-10-17-14;;;/h3*1-11H;2*1H;/q;;;;;+2/p-2. The van der Waals surface area contributed by atoms with Crippen LogP contribution in [0.3, 0.4) is 0 Å². The maximum absolute atomic E-state index is 4.85. The Morgan fingerprint density at radius 2 is 0.456 bits per heavy atom. The first-order chi connectivity index (χ1) is 28.3. The Bertz CT molecular complexity index is 2050. The molecule has 0 saturated carbocycles. The van der Waals surface area contributed by atoms with Crippen LogP contribution in [0.2, 0.25) is 0 Å². The zero-order valence-corrected chi connectivity index (χ0v) is 33.4. The van der Waals surface area contributed by atoms with Crippen LogP contribution >= 0.6 is 19.4 Å². The Balaban J connectivity index is 0.000000140. The monoisotopic (exact) mass is 871 g/mol. The second-order valence-corrected chi connectivity index (χ2v) is 14.2. The van der Waals surface area contributed by atoms with Crippen LogP contribution in [0.5, 0.6) is 0 Å². The first kappa shape index (κ1) is 40.2. The minimum absolute atomic E-state index is 0.346. The molecule has 0 amide bonds. The van der Waals surface area contributed by atoms with Crippen LogP contribution in [-0.4, -0.2) is 44.9 Å². The fourth-order valence-corrected chi connectivity index (χ4v) is 5.52. The summed E-state index contributed by atoms with van der Waals surface area (Å²) in [5, 5.41) is 0. The Morgan fingerprint density at radius 3 is 0.667 bits per heavy atom. The predicted molar refractivity (Wildman–Crippen MR) is 224 cm³/mol. The van der Waals surface area contributed by atoms with Gasteiger partial charge in [0.25, 0.3) is 0 Å². The van der Waals surface area contributed by atoms with Gasteiger partial charge in [-0.15, -0.1) is 0 Å². The molecule has 0 bridgehead atoms. The number of aromatic nitrogens is 9. The quantitative estimate of drug-likeness (QED) is 0.151. The fourth-order valence-electron chi connectivity index (χ4n) is 5.52. The second kappa shape index (κ2) is 22.2. The van der Waals surface area contributed by atoms with E-state index in [-0.39, 0.29) is 15.1 Å². The van der Waals surface area contributed by atoms with Crippen LogP contribution in [-0.2, 0) is 15.1 Å². The van der Waals surface area contributed by atoms with Crippen molar-refractivity contribution < 1.29 is 15.1 Å². The van der Waals surface area contributed by atoms with E-state index in [1.165, 1.54) is 0 Å². The molecule has 0 aliphatic carbocycles. The van der Waals surface area contributed by atoms with E-state index in [9.17, 15) is 0 Å². The molecule has 9 heterocycles. The zero-order chi connectivity index (χ0) is 39.3. The molecule has 9 rings (SSSR count). The maximum Gasteiger partial charge on any atom is 0.0980 e. The Morgan fingerprint density at radius 1 is 0.246 bits per heavy atom. The van der Waals surface area contributed by atoms with Crippen LogP contribution in [0.15, 0.2) is 201 Å². The third kappa shape index (κ3) is 11.5. The van der Waals surface area contributed by atoms with Crippen molar-refractivity contribution in [2.24, 2.45) is 0 Å². The van der Waals surface area contributed by atoms with Gasteiger partial charge in [0, 0.05) is 72.5 Å². The third-order valence-corrected chi connectivity index (χ3v) is 7.97. The summed E-state index contributed by atoms with van der Waals surface area (Å²) in [6.07, 6.45) is 16.0. The fraction of sp³-hybridized carbons (Fsp3) is 0. The average Bonchev–Trinajstić information content (AvgIpc) is 3.31. The van der Waals surface area contributed by atoms with E-state index in [0.717, 1.165) is 67.9 Å². The van der Waals surface area contributed by atoms with Crippen molar-refractivity contribution >= 4 is 19.4 Å². The van der Waals surface area contributed by atoms with Gasteiger partial charge in [-0.05, 0) is 109 Å². The minimum atomic E-state index is -0.346. The average molecular weight is 872 g/mol. The Kier molecular flexibility index (Phi) is 15.7.